The van der Waals surface area contributed by atoms with E-state index in [-0.39, 0.29) is 30.4 Å². The van der Waals surface area contributed by atoms with Crippen molar-refractivity contribution in [3.05, 3.63) is 65.2 Å². The van der Waals surface area contributed by atoms with Crippen molar-refractivity contribution in [1.82, 2.24) is 9.80 Å². The van der Waals surface area contributed by atoms with Gasteiger partial charge in [-0.2, -0.15) is 0 Å². The Balaban J connectivity index is 1.43. The molecule has 1 unspecified atom stereocenters. The Bertz CT molecular complexity index is 954. The van der Waals surface area contributed by atoms with Crippen LogP contribution >= 0.6 is 0 Å². The first kappa shape index (κ1) is 20.3. The smallest absolute Gasteiger partial charge is 0.261 e. The van der Waals surface area contributed by atoms with E-state index < -0.39 is 0 Å². The summed E-state index contributed by atoms with van der Waals surface area (Å²) in [6.07, 6.45) is 2.19. The van der Waals surface area contributed by atoms with Crippen LogP contribution in [0.4, 0.5) is 5.69 Å². The van der Waals surface area contributed by atoms with Crippen LogP contribution < -0.4 is 5.32 Å². The Kier molecular flexibility index (Phi) is 5.92. The molecule has 3 amide bonds. The highest BCUT2D eigenvalue weighted by Gasteiger charge is 2.32. The van der Waals surface area contributed by atoms with Crippen molar-refractivity contribution in [3.8, 4) is 0 Å². The fourth-order valence-corrected chi connectivity index (χ4v) is 3.95. The molecule has 0 bridgehead atoms. The minimum atomic E-state index is -0.352. The molecule has 0 aromatic heterocycles. The van der Waals surface area contributed by atoms with E-state index in [9.17, 15) is 14.4 Å². The molecule has 2 aliphatic heterocycles. The SMILES string of the molecule is CN1C(=O)c2ccc(NC(=O)CN(Cc3ccccc3)CC3CCCO3)cc2C1=O. The Labute approximate surface area is 175 Å². The molecule has 1 fully saturated rings. The van der Waals surface area contributed by atoms with Crippen molar-refractivity contribution in [2.24, 2.45) is 0 Å². The first-order valence-corrected chi connectivity index (χ1v) is 10.2. The largest absolute Gasteiger partial charge is 0.377 e. The molecule has 0 spiro atoms. The highest BCUT2D eigenvalue weighted by molar-refractivity contribution is 6.21. The maximum atomic E-state index is 12.7. The van der Waals surface area contributed by atoms with Crippen LogP contribution in [0, 0.1) is 0 Å². The Morgan fingerprint density at radius 2 is 1.90 bits per heavy atom. The molecule has 2 aromatic carbocycles. The van der Waals surface area contributed by atoms with Gasteiger partial charge in [0.1, 0.15) is 0 Å². The van der Waals surface area contributed by atoms with Gasteiger partial charge in [-0.05, 0) is 36.6 Å². The van der Waals surface area contributed by atoms with Crippen LogP contribution in [0.1, 0.15) is 39.1 Å². The van der Waals surface area contributed by atoms with Gasteiger partial charge < -0.3 is 10.1 Å². The summed E-state index contributed by atoms with van der Waals surface area (Å²) in [4.78, 5) is 40.1. The number of carbonyl (C=O) groups is 3. The van der Waals surface area contributed by atoms with Crippen molar-refractivity contribution in [2.75, 3.05) is 32.1 Å². The molecular weight excluding hydrogens is 382 g/mol. The summed E-state index contributed by atoms with van der Waals surface area (Å²) in [6.45, 7) is 2.31. The first-order valence-electron chi connectivity index (χ1n) is 10.2. The predicted octanol–water partition coefficient (Wildman–Crippen LogP) is 2.53. The van der Waals surface area contributed by atoms with E-state index in [0.29, 0.717) is 29.9 Å². The summed E-state index contributed by atoms with van der Waals surface area (Å²) in [5.41, 5.74) is 2.32. The van der Waals surface area contributed by atoms with Crippen molar-refractivity contribution in [2.45, 2.75) is 25.5 Å². The minimum Gasteiger partial charge on any atom is -0.377 e. The third-order valence-electron chi connectivity index (χ3n) is 5.48. The van der Waals surface area contributed by atoms with E-state index in [1.807, 2.05) is 30.3 Å². The molecule has 0 saturated carbocycles. The number of ether oxygens (including phenoxy) is 1. The fraction of sp³-hybridized carbons (Fsp3) is 0.348. The topological polar surface area (TPSA) is 79.0 Å². The molecule has 7 nitrogen and oxygen atoms in total. The van der Waals surface area contributed by atoms with Crippen molar-refractivity contribution < 1.29 is 19.1 Å². The summed E-state index contributed by atoms with van der Waals surface area (Å²) in [7, 11) is 1.45. The van der Waals surface area contributed by atoms with Crippen molar-refractivity contribution in [3.63, 3.8) is 0 Å². The number of imide groups is 1. The van der Waals surface area contributed by atoms with Crippen LogP contribution in [0.5, 0.6) is 0 Å². The number of rotatable bonds is 7. The van der Waals surface area contributed by atoms with E-state index in [1.54, 1.807) is 18.2 Å². The maximum Gasteiger partial charge on any atom is 0.261 e. The number of amides is 3. The Morgan fingerprint density at radius 3 is 2.63 bits per heavy atom. The molecule has 4 rings (SSSR count). The second-order valence-electron chi connectivity index (χ2n) is 7.77. The van der Waals surface area contributed by atoms with Gasteiger partial charge in [-0.1, -0.05) is 30.3 Å². The molecule has 2 aromatic rings. The van der Waals surface area contributed by atoms with Crippen LogP contribution in [0.25, 0.3) is 0 Å². The molecule has 1 atom stereocenters. The van der Waals surface area contributed by atoms with Crippen LogP contribution in [0.2, 0.25) is 0 Å². The number of hydrogen-bond donors (Lipinski definition) is 1. The van der Waals surface area contributed by atoms with E-state index in [0.717, 1.165) is 29.9 Å². The van der Waals surface area contributed by atoms with E-state index in [1.165, 1.54) is 7.05 Å². The lowest BCUT2D eigenvalue weighted by Gasteiger charge is -2.24. The highest BCUT2D eigenvalue weighted by Crippen LogP contribution is 2.25. The number of benzene rings is 2. The highest BCUT2D eigenvalue weighted by atomic mass is 16.5. The van der Waals surface area contributed by atoms with Gasteiger partial charge in [-0.25, -0.2) is 0 Å². The zero-order valence-corrected chi connectivity index (χ0v) is 17.0. The first-order chi connectivity index (χ1) is 14.5. The molecule has 0 radical (unpaired) electrons. The molecule has 1 saturated heterocycles. The lowest BCUT2D eigenvalue weighted by molar-refractivity contribution is -0.117. The van der Waals surface area contributed by atoms with Gasteiger partial charge in [0.15, 0.2) is 0 Å². The lowest BCUT2D eigenvalue weighted by Crippen LogP contribution is -2.37. The number of fused-ring (bicyclic) bond motifs is 1. The molecule has 0 aliphatic carbocycles. The summed E-state index contributed by atoms with van der Waals surface area (Å²) in [5.74, 6) is -0.845. The normalized spacial score (nSPS) is 18.2. The van der Waals surface area contributed by atoms with Crippen molar-refractivity contribution >= 4 is 23.4 Å². The second kappa shape index (κ2) is 8.77. The van der Waals surface area contributed by atoms with Gasteiger partial charge in [0.2, 0.25) is 5.91 Å². The second-order valence-corrected chi connectivity index (χ2v) is 7.77. The Hall–Kier alpha value is -3.03. The van der Waals surface area contributed by atoms with Crippen molar-refractivity contribution in [1.29, 1.82) is 0 Å². The Morgan fingerprint density at radius 1 is 1.13 bits per heavy atom. The van der Waals surface area contributed by atoms with Gasteiger partial charge in [0.05, 0.1) is 23.8 Å². The number of carbonyl (C=O) groups excluding carboxylic acids is 3. The molecular formula is C23H25N3O4. The standard InChI is InChI=1S/C23H25N3O4/c1-25-22(28)19-10-9-17(12-20(19)23(25)29)24-21(27)15-26(14-18-8-5-11-30-18)13-16-6-3-2-4-7-16/h2-4,6-7,9-10,12,18H,5,8,11,13-15H2,1H3,(H,24,27). The van der Waals surface area contributed by atoms with E-state index >= 15 is 0 Å². The van der Waals surface area contributed by atoms with Gasteiger partial charge in [0.25, 0.3) is 11.8 Å². The summed E-state index contributed by atoms with van der Waals surface area (Å²) >= 11 is 0. The maximum absolute atomic E-state index is 12.7. The van der Waals surface area contributed by atoms with Crippen LogP contribution in [-0.2, 0) is 16.1 Å². The number of hydrogen-bond acceptors (Lipinski definition) is 5. The van der Waals surface area contributed by atoms with Crippen LogP contribution in [0.15, 0.2) is 48.5 Å². The zero-order chi connectivity index (χ0) is 21.1. The molecule has 1 N–H and O–H groups in total. The fourth-order valence-electron chi connectivity index (χ4n) is 3.95. The van der Waals surface area contributed by atoms with Gasteiger partial charge in [0, 0.05) is 32.4 Å². The van der Waals surface area contributed by atoms with E-state index in [2.05, 4.69) is 10.2 Å². The zero-order valence-electron chi connectivity index (χ0n) is 17.0. The summed E-state index contributed by atoms with van der Waals surface area (Å²) < 4.78 is 5.76. The minimum absolute atomic E-state index is 0.140. The molecule has 7 heteroatoms. The van der Waals surface area contributed by atoms with Gasteiger partial charge in [-0.3, -0.25) is 24.2 Å². The van der Waals surface area contributed by atoms with E-state index in [4.69, 9.17) is 4.74 Å². The molecule has 156 valence electrons. The van der Waals surface area contributed by atoms with Gasteiger partial charge >= 0.3 is 0 Å². The molecule has 30 heavy (non-hydrogen) atoms. The molecule has 2 heterocycles. The number of anilines is 1. The third-order valence-corrected chi connectivity index (χ3v) is 5.48. The summed E-state index contributed by atoms with van der Waals surface area (Å²) in [6, 6.07) is 14.8. The number of nitrogens with one attached hydrogen (secondary N) is 1. The van der Waals surface area contributed by atoms with Crippen LogP contribution in [0.3, 0.4) is 0 Å². The lowest BCUT2D eigenvalue weighted by atomic mass is 10.1. The van der Waals surface area contributed by atoms with Gasteiger partial charge in [-0.15, -0.1) is 0 Å². The number of nitrogens with zero attached hydrogens (tertiary/aromatic N) is 2. The predicted molar refractivity (Wildman–Crippen MR) is 112 cm³/mol. The average molecular weight is 407 g/mol. The van der Waals surface area contributed by atoms with Crippen LogP contribution in [-0.4, -0.2) is 60.4 Å². The average Bonchev–Trinajstić information content (AvgIpc) is 3.32. The molecule has 2 aliphatic rings. The quantitative estimate of drug-likeness (QED) is 0.714. The summed E-state index contributed by atoms with van der Waals surface area (Å²) in [5, 5.41) is 2.86. The third kappa shape index (κ3) is 4.42. The monoisotopic (exact) mass is 407 g/mol.